The van der Waals surface area contributed by atoms with Crippen LogP contribution in [-0.4, -0.2) is 24.9 Å². The fraction of sp³-hybridized carbons (Fsp3) is 0.571. The summed E-state index contributed by atoms with van der Waals surface area (Å²) in [6.07, 6.45) is 1.94. The third-order valence-electron chi connectivity index (χ3n) is 2.69. The van der Waals surface area contributed by atoms with Crippen LogP contribution in [0.15, 0.2) is 24.3 Å². The van der Waals surface area contributed by atoms with E-state index in [2.05, 4.69) is 32.0 Å². The topological polar surface area (TPSA) is 29.5 Å². The Morgan fingerprint density at radius 1 is 1.31 bits per heavy atom. The highest BCUT2D eigenvalue weighted by molar-refractivity contribution is 5.25. The van der Waals surface area contributed by atoms with Gasteiger partial charge in [0.1, 0.15) is 0 Å². The number of hydrogen-bond donors (Lipinski definition) is 1. The molecular formula is C14H22O2. The molecule has 0 aromatic heterocycles. The summed E-state index contributed by atoms with van der Waals surface area (Å²) in [6.45, 7) is 5.91. The minimum absolute atomic E-state index is 0.193. The first kappa shape index (κ1) is 13.2. The van der Waals surface area contributed by atoms with E-state index in [4.69, 9.17) is 4.74 Å². The molecule has 0 radical (unpaired) electrons. The standard InChI is InChI=1S/C14H22O2/c1-3-8-16-9-7-14(11-15)13-6-4-5-12(2)10-13/h4-6,10,14-15H,3,7-9,11H2,1-2H3. The van der Waals surface area contributed by atoms with Crippen LogP contribution in [0.3, 0.4) is 0 Å². The van der Waals surface area contributed by atoms with Gasteiger partial charge in [0, 0.05) is 19.1 Å². The number of aliphatic hydroxyl groups excluding tert-OH is 1. The first-order chi connectivity index (χ1) is 7.77. The molecule has 0 aliphatic heterocycles. The van der Waals surface area contributed by atoms with Crippen LogP contribution in [0.2, 0.25) is 0 Å². The molecule has 0 spiro atoms. The predicted molar refractivity (Wildman–Crippen MR) is 66.7 cm³/mol. The van der Waals surface area contributed by atoms with Crippen molar-refractivity contribution < 1.29 is 9.84 Å². The van der Waals surface area contributed by atoms with Crippen molar-refractivity contribution in [3.63, 3.8) is 0 Å². The number of ether oxygens (including phenoxy) is 1. The highest BCUT2D eigenvalue weighted by Crippen LogP contribution is 2.20. The molecule has 16 heavy (non-hydrogen) atoms. The highest BCUT2D eigenvalue weighted by atomic mass is 16.5. The van der Waals surface area contributed by atoms with Crippen LogP contribution >= 0.6 is 0 Å². The Morgan fingerprint density at radius 2 is 2.12 bits per heavy atom. The fourth-order valence-electron chi connectivity index (χ4n) is 1.76. The number of aliphatic hydroxyl groups is 1. The Bertz CT molecular complexity index is 297. The van der Waals surface area contributed by atoms with E-state index >= 15 is 0 Å². The third kappa shape index (κ3) is 4.33. The van der Waals surface area contributed by atoms with Crippen LogP contribution in [0, 0.1) is 6.92 Å². The van der Waals surface area contributed by atoms with E-state index in [0.717, 1.165) is 26.1 Å². The van der Waals surface area contributed by atoms with Crippen molar-refractivity contribution in [2.24, 2.45) is 0 Å². The zero-order valence-electron chi connectivity index (χ0n) is 10.3. The normalized spacial score (nSPS) is 12.7. The monoisotopic (exact) mass is 222 g/mol. The van der Waals surface area contributed by atoms with Gasteiger partial charge in [-0.05, 0) is 25.3 Å². The van der Waals surface area contributed by atoms with Crippen molar-refractivity contribution >= 4 is 0 Å². The van der Waals surface area contributed by atoms with Crippen molar-refractivity contribution in [2.75, 3.05) is 19.8 Å². The molecule has 1 atom stereocenters. The van der Waals surface area contributed by atoms with Gasteiger partial charge in [-0.15, -0.1) is 0 Å². The Balaban J connectivity index is 2.47. The zero-order valence-corrected chi connectivity index (χ0v) is 10.3. The molecule has 0 saturated heterocycles. The van der Waals surface area contributed by atoms with E-state index < -0.39 is 0 Å². The summed E-state index contributed by atoms with van der Waals surface area (Å²) in [5.74, 6) is 0.205. The molecule has 0 saturated carbocycles. The van der Waals surface area contributed by atoms with Crippen LogP contribution in [0.5, 0.6) is 0 Å². The van der Waals surface area contributed by atoms with E-state index in [9.17, 15) is 5.11 Å². The number of benzene rings is 1. The minimum Gasteiger partial charge on any atom is -0.396 e. The van der Waals surface area contributed by atoms with E-state index in [1.807, 2.05) is 6.07 Å². The van der Waals surface area contributed by atoms with Crippen molar-refractivity contribution in [3.8, 4) is 0 Å². The lowest BCUT2D eigenvalue weighted by molar-refractivity contribution is 0.119. The summed E-state index contributed by atoms with van der Waals surface area (Å²) < 4.78 is 5.46. The average molecular weight is 222 g/mol. The molecule has 0 bridgehead atoms. The van der Waals surface area contributed by atoms with E-state index in [0.29, 0.717) is 0 Å². The summed E-state index contributed by atoms with van der Waals surface area (Å²) in [7, 11) is 0. The molecule has 0 fully saturated rings. The molecular weight excluding hydrogens is 200 g/mol. The molecule has 0 amide bonds. The molecule has 2 nitrogen and oxygen atoms in total. The van der Waals surface area contributed by atoms with Crippen LogP contribution in [-0.2, 0) is 4.74 Å². The van der Waals surface area contributed by atoms with Gasteiger partial charge in [0.05, 0.1) is 6.61 Å². The summed E-state index contributed by atoms with van der Waals surface area (Å²) in [4.78, 5) is 0. The molecule has 0 heterocycles. The molecule has 1 rings (SSSR count). The van der Waals surface area contributed by atoms with Crippen molar-refractivity contribution in [3.05, 3.63) is 35.4 Å². The maximum absolute atomic E-state index is 9.37. The Morgan fingerprint density at radius 3 is 2.75 bits per heavy atom. The molecule has 2 heteroatoms. The summed E-state index contributed by atoms with van der Waals surface area (Å²) in [6, 6.07) is 8.33. The summed E-state index contributed by atoms with van der Waals surface area (Å²) in [5.41, 5.74) is 2.45. The lowest BCUT2D eigenvalue weighted by Gasteiger charge is -2.15. The molecule has 1 aromatic rings. The Kier molecular flexibility index (Phi) is 6.12. The van der Waals surface area contributed by atoms with Crippen LogP contribution in [0.4, 0.5) is 0 Å². The summed E-state index contributed by atoms with van der Waals surface area (Å²) >= 11 is 0. The van der Waals surface area contributed by atoms with E-state index in [1.165, 1.54) is 11.1 Å². The Hall–Kier alpha value is -0.860. The van der Waals surface area contributed by atoms with Crippen LogP contribution in [0.25, 0.3) is 0 Å². The largest absolute Gasteiger partial charge is 0.396 e. The average Bonchev–Trinajstić information content (AvgIpc) is 2.29. The second-order valence-corrected chi connectivity index (χ2v) is 4.19. The van der Waals surface area contributed by atoms with Crippen LogP contribution in [0.1, 0.15) is 36.8 Å². The predicted octanol–water partition coefficient (Wildman–Crippen LogP) is 2.89. The van der Waals surface area contributed by atoms with Gasteiger partial charge in [-0.2, -0.15) is 0 Å². The smallest absolute Gasteiger partial charge is 0.0500 e. The second kappa shape index (κ2) is 7.42. The molecule has 90 valence electrons. The SMILES string of the molecule is CCCOCCC(CO)c1cccc(C)c1. The molecule has 1 unspecified atom stereocenters. The van der Waals surface area contributed by atoms with Gasteiger partial charge in [0.25, 0.3) is 0 Å². The number of aryl methyl sites for hydroxylation is 1. The van der Waals surface area contributed by atoms with Gasteiger partial charge in [-0.25, -0.2) is 0 Å². The maximum atomic E-state index is 9.37. The Labute approximate surface area is 98.3 Å². The van der Waals surface area contributed by atoms with Gasteiger partial charge < -0.3 is 9.84 Å². The second-order valence-electron chi connectivity index (χ2n) is 4.19. The van der Waals surface area contributed by atoms with E-state index in [-0.39, 0.29) is 12.5 Å². The maximum Gasteiger partial charge on any atom is 0.0500 e. The summed E-state index contributed by atoms with van der Waals surface area (Å²) in [5, 5.41) is 9.37. The zero-order chi connectivity index (χ0) is 11.8. The molecule has 0 aliphatic carbocycles. The van der Waals surface area contributed by atoms with Gasteiger partial charge in [-0.1, -0.05) is 36.8 Å². The lowest BCUT2D eigenvalue weighted by Crippen LogP contribution is -2.08. The van der Waals surface area contributed by atoms with Crippen molar-refractivity contribution in [1.82, 2.24) is 0 Å². The minimum atomic E-state index is 0.193. The van der Waals surface area contributed by atoms with E-state index in [1.54, 1.807) is 0 Å². The van der Waals surface area contributed by atoms with Gasteiger partial charge >= 0.3 is 0 Å². The number of rotatable bonds is 7. The van der Waals surface area contributed by atoms with Gasteiger partial charge in [-0.3, -0.25) is 0 Å². The lowest BCUT2D eigenvalue weighted by atomic mass is 9.96. The first-order valence-electron chi connectivity index (χ1n) is 6.03. The molecule has 0 aliphatic rings. The van der Waals surface area contributed by atoms with Gasteiger partial charge in [0.15, 0.2) is 0 Å². The van der Waals surface area contributed by atoms with Crippen LogP contribution < -0.4 is 0 Å². The quantitative estimate of drug-likeness (QED) is 0.719. The molecule has 1 N–H and O–H groups in total. The number of hydrogen-bond acceptors (Lipinski definition) is 2. The first-order valence-corrected chi connectivity index (χ1v) is 6.03. The van der Waals surface area contributed by atoms with Gasteiger partial charge in [0.2, 0.25) is 0 Å². The van der Waals surface area contributed by atoms with Crippen molar-refractivity contribution in [2.45, 2.75) is 32.6 Å². The van der Waals surface area contributed by atoms with Crippen molar-refractivity contribution in [1.29, 1.82) is 0 Å². The highest BCUT2D eigenvalue weighted by Gasteiger charge is 2.10. The molecule has 1 aromatic carbocycles. The fourth-order valence-corrected chi connectivity index (χ4v) is 1.76. The third-order valence-corrected chi connectivity index (χ3v) is 2.69.